The van der Waals surface area contributed by atoms with E-state index in [0.717, 1.165) is 43.6 Å². The van der Waals surface area contributed by atoms with Crippen LogP contribution in [0.25, 0.3) is 0 Å². The molecule has 2 aliphatic heterocycles. The fourth-order valence-electron chi connectivity index (χ4n) is 6.78. The Morgan fingerprint density at radius 2 is 1.12 bits per heavy atom. The third-order valence-corrected chi connectivity index (χ3v) is 9.61. The van der Waals surface area contributed by atoms with Gasteiger partial charge in [-0.05, 0) is 76.0 Å². The highest BCUT2D eigenvalue weighted by atomic mass is 16.2. The van der Waals surface area contributed by atoms with E-state index in [4.69, 9.17) is 0 Å². The molecule has 4 aliphatic carbocycles. The number of amides is 2. The number of Topliss-reactive ketones (excluding diaryl/α,β-unsaturated/α-hetero) is 1. The molecule has 234 valence electrons. The van der Waals surface area contributed by atoms with Gasteiger partial charge in [-0.15, -0.1) is 0 Å². The van der Waals surface area contributed by atoms with Gasteiger partial charge < -0.3 is 25.8 Å². The lowest BCUT2D eigenvalue weighted by atomic mass is 9.89. The molecule has 2 saturated heterocycles. The molecule has 6 fully saturated rings. The minimum atomic E-state index is 0.00403. The number of ketones is 1. The van der Waals surface area contributed by atoms with E-state index in [1.807, 2.05) is 0 Å². The van der Waals surface area contributed by atoms with Gasteiger partial charge in [0.05, 0.1) is 0 Å². The number of nitrogens with one attached hydrogen (secondary N) is 3. The first kappa shape index (κ1) is 32.4. The summed E-state index contributed by atoms with van der Waals surface area (Å²) in [5.74, 6) is 2.55. The van der Waals surface area contributed by atoms with Crippen molar-refractivity contribution in [2.45, 2.75) is 109 Å². The molecule has 2 heterocycles. The molecule has 0 unspecified atom stereocenters. The lowest BCUT2D eigenvalue weighted by Crippen LogP contribution is -2.52. The Balaban J connectivity index is 0.000000156. The zero-order valence-corrected chi connectivity index (χ0v) is 26.0. The van der Waals surface area contributed by atoms with Crippen LogP contribution in [0.2, 0.25) is 0 Å². The van der Waals surface area contributed by atoms with Gasteiger partial charge in [-0.1, -0.05) is 0 Å². The monoisotopic (exact) mass is 574 g/mol. The second-order valence-corrected chi connectivity index (χ2v) is 13.5. The van der Waals surface area contributed by atoms with Crippen molar-refractivity contribution >= 4 is 17.6 Å². The third-order valence-electron chi connectivity index (χ3n) is 9.61. The van der Waals surface area contributed by atoms with Crippen LogP contribution in [-0.4, -0.2) is 116 Å². The quantitative estimate of drug-likeness (QED) is 0.430. The molecular formula is C32H58N6O3. The summed E-state index contributed by atoms with van der Waals surface area (Å²) < 4.78 is 0. The molecule has 9 heteroatoms. The normalized spacial score (nSPS) is 28.5. The summed E-state index contributed by atoms with van der Waals surface area (Å²) in [6.45, 7) is 15.9. The molecule has 4 saturated carbocycles. The Labute approximate surface area is 248 Å². The fraction of sp³-hybridized carbons (Fsp3) is 0.906. The predicted molar refractivity (Wildman–Crippen MR) is 164 cm³/mol. The van der Waals surface area contributed by atoms with Gasteiger partial charge in [0.15, 0.2) is 0 Å². The summed E-state index contributed by atoms with van der Waals surface area (Å²) in [6, 6.07) is 1.44. The van der Waals surface area contributed by atoms with E-state index in [1.165, 1.54) is 111 Å². The van der Waals surface area contributed by atoms with Crippen molar-refractivity contribution in [3.05, 3.63) is 0 Å². The van der Waals surface area contributed by atoms with Crippen molar-refractivity contribution < 1.29 is 14.4 Å². The number of carbonyl (C=O) groups excluding carboxylic acids is 3. The lowest BCUT2D eigenvalue weighted by Gasteiger charge is -2.42. The minimum Gasteiger partial charge on any atom is -0.354 e. The summed E-state index contributed by atoms with van der Waals surface area (Å²) in [5, 5.41) is 9.25. The van der Waals surface area contributed by atoms with Crippen LogP contribution in [0.3, 0.4) is 0 Å². The van der Waals surface area contributed by atoms with Crippen LogP contribution in [0.5, 0.6) is 0 Å². The van der Waals surface area contributed by atoms with Gasteiger partial charge in [-0.3, -0.25) is 19.3 Å². The Morgan fingerprint density at radius 3 is 1.59 bits per heavy atom. The largest absolute Gasteiger partial charge is 0.354 e. The van der Waals surface area contributed by atoms with Crippen LogP contribution in [0.15, 0.2) is 0 Å². The van der Waals surface area contributed by atoms with E-state index >= 15 is 0 Å². The minimum absolute atomic E-state index is 0.00403. The SMILES string of the molecule is C1CN(CC2CC2)CCN1.CC(=O)NC1CCC(=O)CC1.CC(=O)NC1CCC(N2CCN(CC3CC3)CC2)CC1. The molecule has 0 aromatic carbocycles. The molecule has 6 aliphatic rings. The first-order valence-corrected chi connectivity index (χ1v) is 16.8. The van der Waals surface area contributed by atoms with E-state index in [-0.39, 0.29) is 17.9 Å². The van der Waals surface area contributed by atoms with E-state index in [1.54, 1.807) is 6.92 Å². The van der Waals surface area contributed by atoms with Crippen molar-refractivity contribution in [1.82, 2.24) is 30.7 Å². The van der Waals surface area contributed by atoms with E-state index in [0.29, 0.717) is 24.7 Å². The van der Waals surface area contributed by atoms with E-state index in [2.05, 4.69) is 30.7 Å². The Bertz CT molecular complexity index is 800. The Hall–Kier alpha value is -1.55. The summed E-state index contributed by atoms with van der Waals surface area (Å²) in [5.41, 5.74) is 0. The molecule has 2 amide bonds. The van der Waals surface area contributed by atoms with Crippen LogP contribution >= 0.6 is 0 Å². The van der Waals surface area contributed by atoms with Crippen LogP contribution < -0.4 is 16.0 Å². The highest BCUT2D eigenvalue weighted by molar-refractivity contribution is 5.80. The van der Waals surface area contributed by atoms with Gasteiger partial charge in [0, 0.05) is 110 Å². The van der Waals surface area contributed by atoms with Gasteiger partial charge in [-0.2, -0.15) is 0 Å². The zero-order valence-electron chi connectivity index (χ0n) is 26.0. The average molecular weight is 575 g/mol. The predicted octanol–water partition coefficient (Wildman–Crippen LogP) is 2.40. The zero-order chi connectivity index (χ0) is 29.0. The molecule has 0 bridgehead atoms. The van der Waals surface area contributed by atoms with Crippen molar-refractivity contribution in [3.8, 4) is 0 Å². The molecular weight excluding hydrogens is 516 g/mol. The van der Waals surface area contributed by atoms with Crippen molar-refractivity contribution in [2.75, 3.05) is 65.4 Å². The Morgan fingerprint density at radius 1 is 0.659 bits per heavy atom. The summed E-state index contributed by atoms with van der Waals surface area (Å²) in [4.78, 5) is 40.4. The van der Waals surface area contributed by atoms with Crippen molar-refractivity contribution in [1.29, 1.82) is 0 Å². The van der Waals surface area contributed by atoms with Gasteiger partial charge >= 0.3 is 0 Å². The molecule has 0 aromatic heterocycles. The van der Waals surface area contributed by atoms with E-state index in [9.17, 15) is 14.4 Å². The summed E-state index contributed by atoms with van der Waals surface area (Å²) in [6.07, 6.45) is 13.6. The number of piperazine rings is 2. The van der Waals surface area contributed by atoms with Crippen LogP contribution in [0, 0.1) is 11.8 Å². The summed E-state index contributed by atoms with van der Waals surface area (Å²) in [7, 11) is 0. The van der Waals surface area contributed by atoms with Crippen LogP contribution in [0.1, 0.15) is 90.9 Å². The summed E-state index contributed by atoms with van der Waals surface area (Å²) >= 11 is 0. The van der Waals surface area contributed by atoms with Crippen LogP contribution in [0.4, 0.5) is 0 Å². The molecule has 0 atom stereocenters. The van der Waals surface area contributed by atoms with E-state index < -0.39 is 0 Å². The number of nitrogens with zero attached hydrogens (tertiary/aromatic N) is 3. The van der Waals surface area contributed by atoms with Gasteiger partial charge in [0.2, 0.25) is 11.8 Å². The maximum absolute atomic E-state index is 11.1. The maximum atomic E-state index is 11.1. The fourth-order valence-corrected chi connectivity index (χ4v) is 6.78. The standard InChI is InChI=1S/C16H29N3O.C8H16N2.C8H13NO2/c1-13(20)17-15-4-6-16(7-5-15)19-10-8-18(9-11-19)12-14-2-3-14;1-2-8(1)7-10-5-3-9-4-6-10;1-6(10)9-7-2-4-8(11)5-3-7/h14-16H,2-12H2,1H3,(H,17,20);8-9H,1-7H2;7H,2-5H2,1H3,(H,9,10). The second kappa shape index (κ2) is 16.9. The average Bonchev–Trinajstić information content (AvgIpc) is 3.90. The molecule has 0 aromatic rings. The van der Waals surface area contributed by atoms with Gasteiger partial charge in [-0.25, -0.2) is 0 Å². The third kappa shape index (κ3) is 13.1. The number of hydrogen-bond donors (Lipinski definition) is 3. The van der Waals surface area contributed by atoms with Crippen LogP contribution in [-0.2, 0) is 14.4 Å². The first-order chi connectivity index (χ1) is 19.8. The second-order valence-electron chi connectivity index (χ2n) is 13.5. The number of hydrogen-bond acceptors (Lipinski definition) is 7. The highest BCUT2D eigenvalue weighted by Gasteiger charge is 2.31. The number of rotatable bonds is 7. The van der Waals surface area contributed by atoms with Gasteiger partial charge in [0.25, 0.3) is 0 Å². The highest BCUT2D eigenvalue weighted by Crippen LogP contribution is 2.31. The number of carbonyl (C=O) groups is 3. The first-order valence-electron chi connectivity index (χ1n) is 16.8. The molecule has 0 radical (unpaired) electrons. The lowest BCUT2D eigenvalue weighted by molar-refractivity contribution is -0.123. The molecule has 0 spiro atoms. The topological polar surface area (TPSA) is 97.0 Å². The molecule has 6 rings (SSSR count). The van der Waals surface area contributed by atoms with Crippen molar-refractivity contribution in [3.63, 3.8) is 0 Å². The van der Waals surface area contributed by atoms with Gasteiger partial charge in [0.1, 0.15) is 5.78 Å². The maximum Gasteiger partial charge on any atom is 0.217 e. The van der Waals surface area contributed by atoms with Crippen molar-refractivity contribution in [2.24, 2.45) is 11.8 Å². The molecule has 41 heavy (non-hydrogen) atoms. The smallest absolute Gasteiger partial charge is 0.217 e. The molecule has 9 nitrogen and oxygen atoms in total. The molecule has 3 N–H and O–H groups in total. The Kier molecular flexibility index (Phi) is 13.4.